The molecule has 0 aliphatic heterocycles. The highest BCUT2D eigenvalue weighted by Crippen LogP contribution is 2.17. The van der Waals surface area contributed by atoms with Crippen molar-refractivity contribution in [1.82, 2.24) is 9.59 Å². The third-order valence-corrected chi connectivity index (χ3v) is 2.62. The van der Waals surface area contributed by atoms with Crippen molar-refractivity contribution in [3.8, 4) is 0 Å². The number of aliphatic hydroxyl groups is 1. The van der Waals surface area contributed by atoms with Gasteiger partial charge in [0.15, 0.2) is 0 Å². The molecule has 4 heteroatoms. The molecule has 0 amide bonds. The molecule has 1 heterocycles. The standard InChI is InChI=1S/C9H10N2OS/c12-5-1-2-7-3-4-8-9(6-7)13-11-10-8/h3-4,6,12H,1-2,5H2. The van der Waals surface area contributed by atoms with Gasteiger partial charge in [-0.2, -0.15) is 0 Å². The lowest BCUT2D eigenvalue weighted by Crippen LogP contribution is -1.88. The summed E-state index contributed by atoms with van der Waals surface area (Å²) >= 11 is 1.41. The molecule has 1 N–H and O–H groups in total. The van der Waals surface area contributed by atoms with E-state index in [9.17, 15) is 0 Å². The Balaban J connectivity index is 2.26. The molecular weight excluding hydrogens is 184 g/mol. The number of aliphatic hydroxyl groups excluding tert-OH is 1. The van der Waals surface area contributed by atoms with Gasteiger partial charge < -0.3 is 5.11 Å². The number of fused-ring (bicyclic) bond motifs is 1. The monoisotopic (exact) mass is 194 g/mol. The Kier molecular flexibility index (Phi) is 2.52. The Hall–Kier alpha value is -1.00. The molecule has 68 valence electrons. The minimum atomic E-state index is 0.249. The van der Waals surface area contributed by atoms with Crippen molar-refractivity contribution in [2.45, 2.75) is 12.8 Å². The maximum Gasteiger partial charge on any atom is 0.105 e. The Labute approximate surface area is 80.2 Å². The van der Waals surface area contributed by atoms with Crippen molar-refractivity contribution < 1.29 is 5.11 Å². The number of hydrogen-bond donors (Lipinski definition) is 1. The van der Waals surface area contributed by atoms with Gasteiger partial charge in [0.25, 0.3) is 0 Å². The zero-order chi connectivity index (χ0) is 9.10. The Morgan fingerprint density at radius 3 is 3.15 bits per heavy atom. The second-order valence-electron chi connectivity index (χ2n) is 2.90. The molecule has 0 spiro atoms. The molecule has 0 aliphatic rings. The van der Waals surface area contributed by atoms with Crippen LogP contribution in [0.15, 0.2) is 18.2 Å². The van der Waals surface area contributed by atoms with Gasteiger partial charge in [-0.25, -0.2) is 0 Å². The molecule has 0 saturated heterocycles. The van der Waals surface area contributed by atoms with Crippen molar-refractivity contribution in [2.75, 3.05) is 6.61 Å². The largest absolute Gasteiger partial charge is 0.396 e. The van der Waals surface area contributed by atoms with Crippen molar-refractivity contribution in [1.29, 1.82) is 0 Å². The summed E-state index contributed by atoms with van der Waals surface area (Å²) in [4.78, 5) is 0. The third kappa shape index (κ3) is 1.84. The third-order valence-electron chi connectivity index (χ3n) is 1.94. The van der Waals surface area contributed by atoms with Gasteiger partial charge in [0, 0.05) is 6.61 Å². The number of hydrogen-bond acceptors (Lipinski definition) is 4. The molecule has 3 nitrogen and oxygen atoms in total. The fourth-order valence-electron chi connectivity index (χ4n) is 1.26. The quantitative estimate of drug-likeness (QED) is 0.807. The number of benzene rings is 1. The maximum atomic E-state index is 8.68. The van der Waals surface area contributed by atoms with Gasteiger partial charge in [0.2, 0.25) is 0 Å². The molecule has 13 heavy (non-hydrogen) atoms. The average Bonchev–Trinajstić information content (AvgIpc) is 2.61. The second-order valence-corrected chi connectivity index (χ2v) is 3.69. The van der Waals surface area contributed by atoms with Gasteiger partial charge in [-0.3, -0.25) is 0 Å². The summed E-state index contributed by atoms with van der Waals surface area (Å²) in [7, 11) is 0. The predicted octanol–water partition coefficient (Wildman–Crippen LogP) is 1.62. The van der Waals surface area contributed by atoms with Crippen LogP contribution in [0, 0.1) is 0 Å². The average molecular weight is 194 g/mol. The fourth-order valence-corrected chi connectivity index (χ4v) is 1.88. The normalized spacial score (nSPS) is 10.8. The fraction of sp³-hybridized carbons (Fsp3) is 0.333. The van der Waals surface area contributed by atoms with Crippen LogP contribution in [0.1, 0.15) is 12.0 Å². The molecular formula is C9H10N2OS. The van der Waals surface area contributed by atoms with Gasteiger partial charge in [0.05, 0.1) is 4.70 Å². The Morgan fingerprint density at radius 2 is 2.31 bits per heavy atom. The summed E-state index contributed by atoms with van der Waals surface area (Å²) in [5.74, 6) is 0. The van der Waals surface area contributed by atoms with Crippen LogP contribution in [-0.4, -0.2) is 21.3 Å². The second kappa shape index (κ2) is 3.81. The van der Waals surface area contributed by atoms with Crippen molar-refractivity contribution in [3.63, 3.8) is 0 Å². The van der Waals surface area contributed by atoms with E-state index in [2.05, 4.69) is 15.7 Å². The summed E-state index contributed by atoms with van der Waals surface area (Å²) < 4.78 is 4.99. The highest BCUT2D eigenvalue weighted by molar-refractivity contribution is 7.12. The van der Waals surface area contributed by atoms with Crippen LogP contribution >= 0.6 is 11.5 Å². The molecule has 0 atom stereocenters. The summed E-state index contributed by atoms with van der Waals surface area (Å²) in [5.41, 5.74) is 2.20. The topological polar surface area (TPSA) is 46.0 Å². The van der Waals surface area contributed by atoms with Gasteiger partial charge >= 0.3 is 0 Å². The van der Waals surface area contributed by atoms with E-state index in [4.69, 9.17) is 5.11 Å². The molecule has 0 saturated carbocycles. The van der Waals surface area contributed by atoms with E-state index >= 15 is 0 Å². The summed E-state index contributed by atoms with van der Waals surface area (Å²) in [5, 5.41) is 12.6. The first-order valence-corrected chi connectivity index (χ1v) is 4.99. The molecule has 0 radical (unpaired) electrons. The predicted molar refractivity (Wildman–Crippen MR) is 52.8 cm³/mol. The van der Waals surface area contributed by atoms with E-state index in [1.54, 1.807) is 0 Å². The SMILES string of the molecule is OCCCc1ccc2nnsc2c1. The van der Waals surface area contributed by atoms with Crippen LogP contribution in [0.5, 0.6) is 0 Å². The summed E-state index contributed by atoms with van der Waals surface area (Å²) in [6, 6.07) is 6.11. The molecule has 2 rings (SSSR count). The van der Waals surface area contributed by atoms with E-state index in [-0.39, 0.29) is 6.61 Å². The van der Waals surface area contributed by atoms with Crippen molar-refractivity contribution in [2.24, 2.45) is 0 Å². The maximum absolute atomic E-state index is 8.68. The lowest BCUT2D eigenvalue weighted by Gasteiger charge is -1.97. The zero-order valence-electron chi connectivity index (χ0n) is 7.10. The number of aryl methyl sites for hydroxylation is 1. The van der Waals surface area contributed by atoms with Crippen molar-refractivity contribution >= 4 is 21.7 Å². The van der Waals surface area contributed by atoms with Crippen LogP contribution in [-0.2, 0) is 6.42 Å². The lowest BCUT2D eigenvalue weighted by atomic mass is 10.1. The summed E-state index contributed by atoms with van der Waals surface area (Å²) in [6.45, 7) is 0.249. The molecule has 2 aromatic rings. The van der Waals surface area contributed by atoms with E-state index in [1.807, 2.05) is 12.1 Å². The number of aromatic nitrogens is 2. The lowest BCUT2D eigenvalue weighted by molar-refractivity contribution is 0.288. The van der Waals surface area contributed by atoms with Crippen LogP contribution in [0.25, 0.3) is 10.2 Å². The molecule has 0 unspecified atom stereocenters. The van der Waals surface area contributed by atoms with Crippen LogP contribution in [0.4, 0.5) is 0 Å². The van der Waals surface area contributed by atoms with Gasteiger partial charge in [0.1, 0.15) is 5.52 Å². The Bertz CT molecular complexity index is 399. The van der Waals surface area contributed by atoms with Crippen molar-refractivity contribution in [3.05, 3.63) is 23.8 Å². The van der Waals surface area contributed by atoms with Crippen LogP contribution in [0.3, 0.4) is 0 Å². The minimum absolute atomic E-state index is 0.249. The molecule has 0 bridgehead atoms. The van der Waals surface area contributed by atoms with E-state index in [0.717, 1.165) is 23.1 Å². The number of nitrogens with zero attached hydrogens (tertiary/aromatic N) is 2. The van der Waals surface area contributed by atoms with Gasteiger partial charge in [-0.1, -0.05) is 10.6 Å². The molecule has 0 fully saturated rings. The molecule has 1 aromatic heterocycles. The summed E-state index contributed by atoms with van der Waals surface area (Å²) in [6.07, 6.45) is 1.74. The molecule has 0 aliphatic carbocycles. The van der Waals surface area contributed by atoms with Crippen LogP contribution in [0.2, 0.25) is 0 Å². The van der Waals surface area contributed by atoms with E-state index in [0.29, 0.717) is 0 Å². The highest BCUT2D eigenvalue weighted by Gasteiger charge is 1.99. The van der Waals surface area contributed by atoms with Gasteiger partial charge in [-0.15, -0.1) is 5.10 Å². The van der Waals surface area contributed by atoms with E-state index in [1.165, 1.54) is 17.1 Å². The smallest absolute Gasteiger partial charge is 0.105 e. The zero-order valence-corrected chi connectivity index (χ0v) is 7.92. The minimum Gasteiger partial charge on any atom is -0.396 e. The van der Waals surface area contributed by atoms with Gasteiger partial charge in [-0.05, 0) is 42.1 Å². The first kappa shape index (κ1) is 8.59. The first-order chi connectivity index (χ1) is 6.40. The van der Waals surface area contributed by atoms with E-state index < -0.39 is 0 Å². The highest BCUT2D eigenvalue weighted by atomic mass is 32.1. The van der Waals surface area contributed by atoms with Crippen LogP contribution < -0.4 is 0 Å². The Morgan fingerprint density at radius 1 is 1.38 bits per heavy atom. The first-order valence-electron chi connectivity index (χ1n) is 4.22. The number of rotatable bonds is 3. The molecule has 1 aromatic carbocycles.